The van der Waals surface area contributed by atoms with E-state index in [1.807, 2.05) is 0 Å². The Labute approximate surface area is 145 Å². The minimum absolute atomic E-state index is 0.0417. The third-order valence-corrected chi connectivity index (χ3v) is 4.32. The number of benzene rings is 2. The van der Waals surface area contributed by atoms with Crippen LogP contribution in [-0.4, -0.2) is 18.4 Å². The molecule has 1 aliphatic heterocycles. The molecule has 0 spiro atoms. The Kier molecular flexibility index (Phi) is 4.62. The monoisotopic (exact) mass is 394 g/mol. The van der Waals surface area contributed by atoms with Crippen LogP contribution in [0.4, 0.5) is 20.2 Å². The largest absolute Gasteiger partial charge is 0.323 e. The van der Waals surface area contributed by atoms with Gasteiger partial charge in [0, 0.05) is 17.4 Å². The molecular weight excluding hydrogens is 382 g/mol. The molecule has 1 saturated heterocycles. The van der Waals surface area contributed by atoms with E-state index in [2.05, 4.69) is 21.2 Å². The van der Waals surface area contributed by atoms with Crippen molar-refractivity contribution in [2.45, 2.75) is 6.42 Å². The number of carbonyl (C=O) groups excluding carboxylic acids is 2. The number of rotatable bonds is 3. The van der Waals surface area contributed by atoms with Crippen LogP contribution in [0.25, 0.3) is 0 Å². The van der Waals surface area contributed by atoms with E-state index in [9.17, 15) is 18.4 Å². The van der Waals surface area contributed by atoms with Gasteiger partial charge in [0.25, 0.3) is 0 Å². The molecule has 1 atom stereocenters. The molecule has 1 aliphatic rings. The highest BCUT2D eigenvalue weighted by Crippen LogP contribution is 2.28. The van der Waals surface area contributed by atoms with Crippen molar-refractivity contribution in [3.8, 4) is 0 Å². The van der Waals surface area contributed by atoms with E-state index >= 15 is 0 Å². The molecule has 0 aromatic heterocycles. The average Bonchev–Trinajstić information content (AvgIpc) is 2.92. The second-order valence-electron chi connectivity index (χ2n) is 5.47. The van der Waals surface area contributed by atoms with Crippen LogP contribution in [0.2, 0.25) is 0 Å². The van der Waals surface area contributed by atoms with Gasteiger partial charge >= 0.3 is 0 Å². The third kappa shape index (κ3) is 3.31. The normalized spacial score (nSPS) is 17.2. The summed E-state index contributed by atoms with van der Waals surface area (Å²) in [5, 5.41) is 2.48. The Morgan fingerprint density at radius 3 is 2.62 bits per heavy atom. The van der Waals surface area contributed by atoms with E-state index < -0.39 is 23.5 Å². The van der Waals surface area contributed by atoms with Crippen molar-refractivity contribution in [1.82, 2.24) is 0 Å². The number of nitrogens with one attached hydrogen (secondary N) is 1. The molecule has 124 valence electrons. The van der Waals surface area contributed by atoms with Gasteiger partial charge in [0.15, 0.2) is 0 Å². The van der Waals surface area contributed by atoms with Gasteiger partial charge in [0.2, 0.25) is 11.8 Å². The first-order valence-electron chi connectivity index (χ1n) is 7.26. The number of para-hydroxylation sites is 1. The number of halogens is 3. The summed E-state index contributed by atoms with van der Waals surface area (Å²) in [6, 6.07) is 10.2. The van der Waals surface area contributed by atoms with Gasteiger partial charge in [0.1, 0.15) is 11.6 Å². The highest BCUT2D eigenvalue weighted by Gasteiger charge is 2.36. The number of hydrogen-bond donors (Lipinski definition) is 1. The molecule has 7 heteroatoms. The molecule has 0 bridgehead atoms. The fraction of sp³-hybridized carbons (Fsp3) is 0.176. The highest BCUT2D eigenvalue weighted by molar-refractivity contribution is 9.10. The predicted octanol–water partition coefficient (Wildman–Crippen LogP) is 3.72. The van der Waals surface area contributed by atoms with Gasteiger partial charge in [-0.1, -0.05) is 28.1 Å². The quantitative estimate of drug-likeness (QED) is 0.862. The first-order chi connectivity index (χ1) is 11.5. The van der Waals surface area contributed by atoms with Gasteiger partial charge in [-0.05, 0) is 30.3 Å². The number of carbonyl (C=O) groups is 2. The number of anilines is 2. The standard InChI is InChI=1S/C17H13BrF2N2O2/c18-11-5-6-14(13(20)8-11)21-17(24)10-7-16(23)22(9-10)15-4-2-1-3-12(15)19/h1-6,8,10H,7,9H2,(H,21,24)/t10-/m1/s1. The number of hydrogen-bond acceptors (Lipinski definition) is 2. The van der Waals surface area contributed by atoms with E-state index in [1.54, 1.807) is 12.1 Å². The smallest absolute Gasteiger partial charge is 0.229 e. The molecule has 0 radical (unpaired) electrons. The van der Waals surface area contributed by atoms with Crippen LogP contribution in [-0.2, 0) is 9.59 Å². The molecule has 0 unspecified atom stereocenters. The maximum Gasteiger partial charge on any atom is 0.229 e. The molecule has 2 amide bonds. The van der Waals surface area contributed by atoms with E-state index in [4.69, 9.17) is 0 Å². The minimum Gasteiger partial charge on any atom is -0.323 e. The Morgan fingerprint density at radius 1 is 1.17 bits per heavy atom. The minimum atomic E-state index is -0.667. The van der Waals surface area contributed by atoms with Gasteiger partial charge in [-0.2, -0.15) is 0 Å². The molecule has 1 heterocycles. The predicted molar refractivity (Wildman–Crippen MR) is 89.6 cm³/mol. The molecular formula is C17H13BrF2N2O2. The summed E-state index contributed by atoms with van der Waals surface area (Å²) < 4.78 is 28.2. The molecule has 0 saturated carbocycles. The summed E-state index contributed by atoms with van der Waals surface area (Å²) >= 11 is 3.14. The van der Waals surface area contributed by atoms with Crippen molar-refractivity contribution in [2.75, 3.05) is 16.8 Å². The zero-order valence-electron chi connectivity index (χ0n) is 12.4. The van der Waals surface area contributed by atoms with Gasteiger partial charge in [0.05, 0.1) is 17.3 Å². The summed E-state index contributed by atoms with van der Waals surface area (Å²) in [6.07, 6.45) is -0.0433. The fourth-order valence-electron chi connectivity index (χ4n) is 2.61. The first-order valence-corrected chi connectivity index (χ1v) is 8.06. The Balaban J connectivity index is 1.73. The van der Waals surface area contributed by atoms with E-state index in [0.29, 0.717) is 4.47 Å². The fourth-order valence-corrected chi connectivity index (χ4v) is 2.95. The van der Waals surface area contributed by atoms with Crippen molar-refractivity contribution < 1.29 is 18.4 Å². The lowest BCUT2D eigenvalue weighted by Crippen LogP contribution is -2.28. The summed E-state index contributed by atoms with van der Waals surface area (Å²) in [5.41, 5.74) is 0.188. The van der Waals surface area contributed by atoms with Crippen molar-refractivity contribution in [2.24, 2.45) is 5.92 Å². The van der Waals surface area contributed by atoms with Crippen molar-refractivity contribution in [3.63, 3.8) is 0 Å². The number of amides is 2. The highest BCUT2D eigenvalue weighted by atomic mass is 79.9. The summed E-state index contributed by atoms with van der Waals surface area (Å²) in [5.74, 6) is -2.57. The van der Waals surface area contributed by atoms with Gasteiger partial charge in [-0.3, -0.25) is 9.59 Å². The van der Waals surface area contributed by atoms with Crippen molar-refractivity contribution in [3.05, 3.63) is 58.6 Å². The summed E-state index contributed by atoms with van der Waals surface area (Å²) in [4.78, 5) is 25.6. The van der Waals surface area contributed by atoms with Crippen LogP contribution in [0, 0.1) is 17.6 Å². The van der Waals surface area contributed by atoms with Crippen LogP contribution in [0.1, 0.15) is 6.42 Å². The lowest BCUT2D eigenvalue weighted by Gasteiger charge is -2.17. The molecule has 4 nitrogen and oxygen atoms in total. The maximum absolute atomic E-state index is 13.8. The molecule has 24 heavy (non-hydrogen) atoms. The summed E-state index contributed by atoms with van der Waals surface area (Å²) in [6.45, 7) is 0.0593. The van der Waals surface area contributed by atoms with E-state index in [1.165, 1.54) is 35.2 Å². The lowest BCUT2D eigenvalue weighted by molar-refractivity contribution is -0.122. The average molecular weight is 395 g/mol. The molecule has 2 aromatic carbocycles. The Bertz CT molecular complexity index is 813. The van der Waals surface area contributed by atoms with Gasteiger partial charge in [-0.15, -0.1) is 0 Å². The summed E-state index contributed by atoms with van der Waals surface area (Å²) in [7, 11) is 0. The molecule has 1 N–H and O–H groups in total. The third-order valence-electron chi connectivity index (χ3n) is 3.83. The van der Waals surface area contributed by atoms with Gasteiger partial charge < -0.3 is 10.2 Å². The number of nitrogens with zero attached hydrogens (tertiary/aromatic N) is 1. The first kappa shape index (κ1) is 16.6. The van der Waals surface area contributed by atoms with Crippen molar-refractivity contribution in [1.29, 1.82) is 0 Å². The Morgan fingerprint density at radius 2 is 1.92 bits per heavy atom. The zero-order valence-corrected chi connectivity index (χ0v) is 14.0. The van der Waals surface area contributed by atoms with Crippen LogP contribution >= 0.6 is 15.9 Å². The zero-order chi connectivity index (χ0) is 17.3. The van der Waals surface area contributed by atoms with Gasteiger partial charge in [-0.25, -0.2) is 8.78 Å². The molecule has 3 rings (SSSR count). The maximum atomic E-state index is 13.8. The van der Waals surface area contributed by atoms with Crippen LogP contribution < -0.4 is 10.2 Å². The van der Waals surface area contributed by atoms with E-state index in [0.717, 1.165) is 0 Å². The molecule has 0 aliphatic carbocycles. The SMILES string of the molecule is O=C(Nc1ccc(Br)cc1F)[C@@H]1CC(=O)N(c2ccccc2F)C1. The Hall–Kier alpha value is -2.28. The van der Waals surface area contributed by atoms with Crippen LogP contribution in [0.5, 0.6) is 0 Å². The van der Waals surface area contributed by atoms with E-state index in [-0.39, 0.29) is 30.2 Å². The second kappa shape index (κ2) is 6.68. The topological polar surface area (TPSA) is 49.4 Å². The van der Waals surface area contributed by atoms with Crippen molar-refractivity contribution >= 4 is 39.1 Å². The lowest BCUT2D eigenvalue weighted by atomic mass is 10.1. The van der Waals surface area contributed by atoms with Crippen LogP contribution in [0.15, 0.2) is 46.9 Å². The second-order valence-corrected chi connectivity index (χ2v) is 6.39. The molecule has 2 aromatic rings. The van der Waals surface area contributed by atoms with Crippen LogP contribution in [0.3, 0.4) is 0 Å². The molecule has 1 fully saturated rings.